The zero-order chi connectivity index (χ0) is 37.8. The predicted octanol–water partition coefficient (Wildman–Crippen LogP) is 13.2. The Morgan fingerprint density at radius 1 is 0.393 bits per heavy atom. The molecule has 9 aromatic carbocycles. The fraction of sp³-hybridized carbons (Fsp3) is 0.0192. The van der Waals surface area contributed by atoms with E-state index in [0.29, 0.717) is 11.4 Å². The summed E-state index contributed by atoms with van der Waals surface area (Å²) in [6.07, 6.45) is 0. The van der Waals surface area contributed by atoms with Crippen LogP contribution in [-0.4, -0.2) is 14.8 Å². The van der Waals surface area contributed by atoms with E-state index in [9.17, 15) is 0 Å². The maximum Gasteiger partial charge on any atom is 0.0705 e. The quantitative estimate of drug-likeness (QED) is 0.106. The maximum atomic E-state index is 8.03. The summed E-state index contributed by atoms with van der Waals surface area (Å²) in [5.74, 6) is 0. The van der Waals surface area contributed by atoms with Crippen LogP contribution in [-0.2, 0) is 0 Å². The maximum absolute atomic E-state index is 8.03. The van der Waals surface area contributed by atoms with E-state index in [0.717, 1.165) is 11.1 Å². The fourth-order valence-corrected chi connectivity index (χ4v) is 8.43. The lowest BCUT2D eigenvalue weighted by Gasteiger charge is -2.13. The van der Waals surface area contributed by atoms with Gasteiger partial charge in [0, 0.05) is 60.5 Å². The number of nitrogens with zero attached hydrogens (tertiary/aromatic N) is 2. The summed E-state index contributed by atoms with van der Waals surface area (Å²) in [5, 5.41) is 18.3. The van der Waals surface area contributed by atoms with Gasteiger partial charge in [0.15, 0.2) is 0 Å². The van der Waals surface area contributed by atoms with Crippen molar-refractivity contribution in [2.24, 2.45) is 0 Å². The van der Waals surface area contributed by atoms with E-state index in [4.69, 9.17) is 11.1 Å². The topological polar surface area (TPSA) is 59.7 Å². The van der Waals surface area contributed by atoms with Gasteiger partial charge in [-0.25, -0.2) is 0 Å². The molecular weight excluding hydrogens is 681 g/mol. The second-order valence-corrected chi connectivity index (χ2v) is 14.4. The van der Waals surface area contributed by atoms with Crippen LogP contribution < -0.4 is 5.73 Å². The number of nitrogens with two attached hydrogens (primary N) is 1. The molecule has 0 unspecified atom stereocenters. The van der Waals surface area contributed by atoms with Crippen molar-refractivity contribution >= 4 is 76.6 Å². The van der Waals surface area contributed by atoms with Gasteiger partial charge in [-0.2, -0.15) is 0 Å². The van der Waals surface area contributed by atoms with Gasteiger partial charge in [-0.05, 0) is 60.2 Å². The van der Waals surface area contributed by atoms with E-state index in [2.05, 4.69) is 156 Å². The number of rotatable bonds is 4. The highest BCUT2D eigenvalue weighted by atomic mass is 15.0. The molecule has 11 rings (SSSR count). The minimum atomic E-state index is 0.466. The Hall–Kier alpha value is -7.43. The van der Waals surface area contributed by atoms with E-state index >= 15 is 0 Å². The molecule has 0 radical (unpaired) electrons. The van der Waals surface area contributed by atoms with Crippen molar-refractivity contribution in [1.29, 1.82) is 5.41 Å². The number of anilines is 1. The number of aromatic nitrogens is 2. The molecule has 4 nitrogen and oxygen atoms in total. The SMILES string of the molecule is Cc1ccc(-n2c3ccccc3c3ccc4c5ccc6c7ccccc7n(-c7ccccc7)c6c5ccc4c32)cc1.N=C(c1ccccc1)c1ccccc1N. The number of aryl methyl sites for hydroxylation is 1. The molecule has 2 aromatic heterocycles. The van der Waals surface area contributed by atoms with Crippen LogP contribution in [0.1, 0.15) is 16.7 Å². The number of para-hydroxylation sites is 4. The zero-order valence-electron chi connectivity index (χ0n) is 30.9. The molecule has 0 atom stereocenters. The highest BCUT2D eigenvalue weighted by Crippen LogP contribution is 2.42. The van der Waals surface area contributed by atoms with Gasteiger partial charge < -0.3 is 14.9 Å². The van der Waals surface area contributed by atoms with Gasteiger partial charge in [-0.3, -0.25) is 5.41 Å². The van der Waals surface area contributed by atoms with Crippen LogP contribution >= 0.6 is 0 Å². The first-order chi connectivity index (χ1) is 27.6. The third kappa shape index (κ3) is 5.34. The Morgan fingerprint density at radius 3 is 1.34 bits per heavy atom. The predicted molar refractivity (Wildman–Crippen MR) is 238 cm³/mol. The average Bonchev–Trinajstić information content (AvgIpc) is 3.78. The number of benzene rings is 9. The lowest BCUT2D eigenvalue weighted by atomic mass is 9.97. The molecule has 3 N–H and O–H groups in total. The van der Waals surface area contributed by atoms with Gasteiger partial charge in [0.25, 0.3) is 0 Å². The smallest absolute Gasteiger partial charge is 0.0705 e. The van der Waals surface area contributed by atoms with Crippen molar-refractivity contribution in [3.8, 4) is 11.4 Å². The van der Waals surface area contributed by atoms with Gasteiger partial charge in [0.2, 0.25) is 0 Å². The molecule has 2 heterocycles. The first kappa shape index (κ1) is 33.2. The molecule has 0 saturated heterocycles. The summed E-state index contributed by atoms with van der Waals surface area (Å²) in [4.78, 5) is 0. The summed E-state index contributed by atoms with van der Waals surface area (Å²) in [5.41, 5.74) is 17.2. The van der Waals surface area contributed by atoms with Crippen LogP contribution in [0, 0.1) is 12.3 Å². The highest BCUT2D eigenvalue weighted by molar-refractivity contribution is 6.27. The number of nitrogens with one attached hydrogen (secondary N) is 1. The number of nitrogen functional groups attached to an aromatic ring is 1. The normalized spacial score (nSPS) is 11.4. The van der Waals surface area contributed by atoms with Crippen LogP contribution in [0.15, 0.2) is 194 Å². The Balaban J connectivity index is 0.000000216. The molecule has 0 aliphatic carbocycles. The third-order valence-corrected chi connectivity index (χ3v) is 11.1. The second kappa shape index (κ2) is 13.5. The van der Waals surface area contributed by atoms with Gasteiger partial charge in [-0.15, -0.1) is 0 Å². The van der Waals surface area contributed by atoms with Crippen LogP contribution in [0.5, 0.6) is 0 Å². The van der Waals surface area contributed by atoms with E-state index in [1.165, 1.54) is 82.1 Å². The monoisotopic (exact) mass is 718 g/mol. The lowest BCUT2D eigenvalue weighted by molar-refractivity contribution is 1.18. The number of fused-ring (bicyclic) bond motifs is 11. The minimum Gasteiger partial charge on any atom is -0.398 e. The molecule has 0 spiro atoms. The first-order valence-corrected chi connectivity index (χ1v) is 19.0. The van der Waals surface area contributed by atoms with Gasteiger partial charge in [0.05, 0.1) is 27.8 Å². The first-order valence-electron chi connectivity index (χ1n) is 19.0. The van der Waals surface area contributed by atoms with Crippen LogP contribution in [0.25, 0.3) is 76.5 Å². The highest BCUT2D eigenvalue weighted by Gasteiger charge is 2.19. The summed E-state index contributed by atoms with van der Waals surface area (Å²) in [6.45, 7) is 2.15. The van der Waals surface area contributed by atoms with Crippen molar-refractivity contribution < 1.29 is 0 Å². The summed E-state index contributed by atoms with van der Waals surface area (Å²) in [6, 6.07) is 68.2. The standard InChI is InChI=1S/C39H26N2.C13H12N2/c1-25-15-17-27(18-16-25)41-37-14-8-6-12-31(37)35-22-20-29-28-19-21-34-30-11-5-7-13-36(30)40(26-9-3-2-4-10-26)38(34)32(28)23-24-33(29)39(35)41;14-12-9-5-4-8-11(12)13(15)10-6-2-1-3-7-10/h2-24H,1H3;1-9,15H,14H2. The van der Waals surface area contributed by atoms with E-state index in [1.807, 2.05) is 54.6 Å². The molecule has 56 heavy (non-hydrogen) atoms. The zero-order valence-corrected chi connectivity index (χ0v) is 30.9. The van der Waals surface area contributed by atoms with Crippen LogP contribution in [0.4, 0.5) is 5.69 Å². The van der Waals surface area contributed by atoms with Crippen molar-refractivity contribution in [3.63, 3.8) is 0 Å². The second-order valence-electron chi connectivity index (χ2n) is 14.4. The third-order valence-electron chi connectivity index (χ3n) is 11.1. The Labute approximate surface area is 324 Å². The van der Waals surface area contributed by atoms with E-state index in [-0.39, 0.29) is 0 Å². The Bertz CT molecular complexity index is 3260. The molecule has 266 valence electrons. The molecule has 0 fully saturated rings. The summed E-state index contributed by atoms with van der Waals surface area (Å²) >= 11 is 0. The largest absolute Gasteiger partial charge is 0.398 e. The van der Waals surface area contributed by atoms with E-state index < -0.39 is 0 Å². The molecule has 0 aliphatic rings. The minimum absolute atomic E-state index is 0.466. The molecule has 11 aromatic rings. The van der Waals surface area contributed by atoms with Crippen molar-refractivity contribution in [1.82, 2.24) is 9.13 Å². The van der Waals surface area contributed by atoms with Gasteiger partial charge >= 0.3 is 0 Å². The molecule has 0 aliphatic heterocycles. The van der Waals surface area contributed by atoms with Crippen LogP contribution in [0.3, 0.4) is 0 Å². The molecule has 0 bridgehead atoms. The van der Waals surface area contributed by atoms with Gasteiger partial charge in [0.1, 0.15) is 0 Å². The van der Waals surface area contributed by atoms with Crippen molar-refractivity contribution in [2.45, 2.75) is 6.92 Å². The Kier molecular flexibility index (Phi) is 7.97. The average molecular weight is 719 g/mol. The van der Waals surface area contributed by atoms with E-state index in [1.54, 1.807) is 0 Å². The summed E-state index contributed by atoms with van der Waals surface area (Å²) < 4.78 is 4.87. The number of hydrogen-bond donors (Lipinski definition) is 2. The molecular formula is C52H38N4. The van der Waals surface area contributed by atoms with Crippen LogP contribution in [0.2, 0.25) is 0 Å². The summed E-state index contributed by atoms with van der Waals surface area (Å²) in [7, 11) is 0. The van der Waals surface area contributed by atoms with Crippen molar-refractivity contribution in [3.05, 3.63) is 211 Å². The molecule has 0 amide bonds. The molecule has 0 saturated carbocycles. The lowest BCUT2D eigenvalue weighted by Crippen LogP contribution is -2.04. The Morgan fingerprint density at radius 2 is 0.804 bits per heavy atom. The van der Waals surface area contributed by atoms with Crippen molar-refractivity contribution in [2.75, 3.05) is 5.73 Å². The van der Waals surface area contributed by atoms with Gasteiger partial charge in [-0.1, -0.05) is 157 Å². The molecule has 4 heteroatoms. The number of hydrogen-bond acceptors (Lipinski definition) is 2. The fourth-order valence-electron chi connectivity index (χ4n) is 8.43.